The molecule has 0 saturated carbocycles. The van der Waals surface area contributed by atoms with E-state index in [1.165, 1.54) is 23.1 Å². The van der Waals surface area contributed by atoms with E-state index in [1.807, 2.05) is 23.6 Å². The number of aliphatic imine (C=N–C) groups is 1. The van der Waals surface area contributed by atoms with Crippen molar-refractivity contribution in [2.75, 3.05) is 32.7 Å². The zero-order valence-corrected chi connectivity index (χ0v) is 19.6. The molecule has 10 heteroatoms. The van der Waals surface area contributed by atoms with E-state index in [0.29, 0.717) is 23.8 Å². The van der Waals surface area contributed by atoms with Crippen molar-refractivity contribution >= 4 is 50.1 Å². The quantitative estimate of drug-likeness (QED) is 0.640. The predicted octanol–water partition coefficient (Wildman–Crippen LogP) is 3.05. The van der Waals surface area contributed by atoms with E-state index in [2.05, 4.69) is 26.2 Å². The first-order valence-electron chi connectivity index (χ1n) is 9.44. The summed E-state index contributed by atoms with van der Waals surface area (Å²) in [4.78, 5) is 22.3. The third-order valence-corrected chi connectivity index (χ3v) is 8.17. The van der Waals surface area contributed by atoms with Crippen LogP contribution in [0.1, 0.15) is 21.8 Å². The van der Waals surface area contributed by atoms with Crippen molar-refractivity contribution in [2.24, 2.45) is 10.9 Å². The van der Waals surface area contributed by atoms with Crippen molar-refractivity contribution < 1.29 is 19.4 Å². The molecule has 160 valence electrons. The number of amides is 1. The Morgan fingerprint density at radius 1 is 1.43 bits per heavy atom. The molecule has 0 bridgehead atoms. The Kier molecular flexibility index (Phi) is 6.61. The molecule has 3 atom stereocenters. The second-order valence-electron chi connectivity index (χ2n) is 7.41. The molecule has 2 N–H and O–H groups in total. The van der Waals surface area contributed by atoms with Crippen LogP contribution in [0, 0.1) is 5.92 Å². The van der Waals surface area contributed by atoms with E-state index in [4.69, 9.17) is 14.5 Å². The van der Waals surface area contributed by atoms with Gasteiger partial charge in [0.15, 0.2) is 5.17 Å². The highest BCUT2D eigenvalue weighted by molar-refractivity contribution is 9.10. The van der Waals surface area contributed by atoms with Crippen LogP contribution in [-0.4, -0.2) is 59.4 Å². The highest BCUT2D eigenvalue weighted by Gasteiger charge is 2.54. The minimum Gasteiger partial charge on any atom is -0.393 e. The molecule has 0 unspecified atom stereocenters. The van der Waals surface area contributed by atoms with Crippen LogP contribution in [0.5, 0.6) is 0 Å². The number of thioether (sulfide) groups is 1. The summed E-state index contributed by atoms with van der Waals surface area (Å²) in [6.07, 6.45) is 0.588. The number of aliphatic hydroxyl groups excluding tert-OH is 1. The molecule has 2 aliphatic heterocycles. The molecule has 30 heavy (non-hydrogen) atoms. The second-order valence-corrected chi connectivity index (χ2v) is 10.1. The number of amidine groups is 1. The summed E-state index contributed by atoms with van der Waals surface area (Å²) >= 11 is 6.45. The molecular formula is C20H22BrN3O4S2. The van der Waals surface area contributed by atoms with Gasteiger partial charge in [0, 0.05) is 29.7 Å². The fourth-order valence-corrected chi connectivity index (χ4v) is 6.46. The zero-order chi connectivity index (χ0) is 21.2. The molecule has 1 aromatic heterocycles. The number of fused-ring (bicyclic) bond motifs is 1. The Morgan fingerprint density at radius 2 is 2.23 bits per heavy atom. The topological polar surface area (TPSA) is 93.0 Å². The molecular weight excluding hydrogens is 490 g/mol. The lowest BCUT2D eigenvalue weighted by molar-refractivity contribution is -0.175. The van der Waals surface area contributed by atoms with Crippen molar-refractivity contribution in [3.05, 3.63) is 50.9 Å². The van der Waals surface area contributed by atoms with Crippen LogP contribution in [0.2, 0.25) is 0 Å². The summed E-state index contributed by atoms with van der Waals surface area (Å²) in [7, 11) is 1.60. The van der Waals surface area contributed by atoms with Gasteiger partial charge in [0.25, 0.3) is 5.91 Å². The van der Waals surface area contributed by atoms with E-state index < -0.39 is 11.1 Å². The summed E-state index contributed by atoms with van der Waals surface area (Å²) in [5.41, 5.74) is -0.889. The van der Waals surface area contributed by atoms with Gasteiger partial charge in [0.2, 0.25) is 0 Å². The molecule has 0 aliphatic carbocycles. The van der Waals surface area contributed by atoms with Crippen LogP contribution < -0.4 is 5.32 Å². The lowest BCUT2D eigenvalue weighted by Crippen LogP contribution is -2.58. The van der Waals surface area contributed by atoms with Gasteiger partial charge in [-0.2, -0.15) is 0 Å². The molecule has 1 aromatic carbocycles. The van der Waals surface area contributed by atoms with Gasteiger partial charge in [-0.05, 0) is 34.5 Å². The predicted molar refractivity (Wildman–Crippen MR) is 121 cm³/mol. The Bertz CT molecular complexity index is 941. The number of aromatic nitrogens is 1. The third-order valence-electron chi connectivity index (χ3n) is 5.41. The molecule has 1 saturated heterocycles. The number of rotatable bonds is 5. The number of carbonyl (C=O) groups excluding carboxylic acids is 1. The fourth-order valence-electron chi connectivity index (χ4n) is 3.85. The Morgan fingerprint density at radius 3 is 2.90 bits per heavy atom. The molecule has 0 spiro atoms. The van der Waals surface area contributed by atoms with Gasteiger partial charge in [-0.15, -0.1) is 11.3 Å². The molecule has 2 aliphatic rings. The molecule has 0 radical (unpaired) electrons. The first-order chi connectivity index (χ1) is 14.5. The summed E-state index contributed by atoms with van der Waals surface area (Å²) in [5, 5.41) is 16.2. The minimum atomic E-state index is -0.752. The average molecular weight is 512 g/mol. The first-order valence-corrected chi connectivity index (χ1v) is 12.1. The number of ether oxygens (including phenoxy) is 2. The maximum absolute atomic E-state index is 12.6. The van der Waals surface area contributed by atoms with Crippen molar-refractivity contribution in [1.82, 2.24) is 10.3 Å². The van der Waals surface area contributed by atoms with E-state index in [-0.39, 0.29) is 25.0 Å². The number of nitrogens with one attached hydrogen (secondary N) is 1. The Balaban J connectivity index is 1.66. The van der Waals surface area contributed by atoms with Crippen LogP contribution in [0.3, 0.4) is 0 Å². The van der Waals surface area contributed by atoms with Crippen molar-refractivity contribution in [3.8, 4) is 0 Å². The zero-order valence-electron chi connectivity index (χ0n) is 16.3. The monoisotopic (exact) mass is 511 g/mol. The number of aliphatic hydroxyl groups is 1. The number of hydrogen-bond donors (Lipinski definition) is 2. The van der Waals surface area contributed by atoms with Gasteiger partial charge >= 0.3 is 0 Å². The molecule has 7 nitrogen and oxygen atoms in total. The van der Waals surface area contributed by atoms with Crippen molar-refractivity contribution in [3.63, 3.8) is 0 Å². The molecule has 3 heterocycles. The fraction of sp³-hybridized carbons (Fsp3) is 0.450. The molecule has 1 fully saturated rings. The van der Waals surface area contributed by atoms with Crippen LogP contribution in [0.25, 0.3) is 0 Å². The van der Waals surface area contributed by atoms with Gasteiger partial charge in [-0.25, -0.2) is 9.98 Å². The summed E-state index contributed by atoms with van der Waals surface area (Å²) in [5.74, 6) is 0.602. The SMILES string of the molecule is COC[C@]1(CO)C[C@H]2CSC(NC(=O)c3ccccc3)=N[C@@]2(c2nc(Br)cs2)CO1. The smallest absolute Gasteiger partial charge is 0.257 e. The Hall–Kier alpha value is -1.30. The number of nitrogens with zero attached hydrogens (tertiary/aromatic N) is 2. The van der Waals surface area contributed by atoms with Crippen molar-refractivity contribution in [2.45, 2.75) is 17.6 Å². The summed E-state index contributed by atoms with van der Waals surface area (Å²) in [6.45, 7) is 0.442. The van der Waals surface area contributed by atoms with Crippen LogP contribution in [0.15, 0.2) is 45.3 Å². The number of benzene rings is 1. The number of carbonyl (C=O) groups is 1. The summed E-state index contributed by atoms with van der Waals surface area (Å²) in [6, 6.07) is 9.06. The first kappa shape index (κ1) is 21.9. The van der Waals surface area contributed by atoms with Gasteiger partial charge in [-0.1, -0.05) is 30.0 Å². The molecule has 4 rings (SSSR count). The van der Waals surface area contributed by atoms with Crippen LogP contribution >= 0.6 is 39.0 Å². The van der Waals surface area contributed by atoms with Gasteiger partial charge < -0.3 is 19.9 Å². The van der Waals surface area contributed by atoms with Crippen LogP contribution in [-0.2, 0) is 15.0 Å². The van der Waals surface area contributed by atoms with Gasteiger partial charge in [-0.3, -0.25) is 4.79 Å². The number of hydrogen-bond acceptors (Lipinski definition) is 8. The Labute approximate surface area is 191 Å². The standard InChI is InChI=1S/C20H22BrN3O4S2/c1-27-11-19(10-25)7-14-8-30-18(23-16(26)13-5-3-2-4-6-13)24-20(14,12-28-19)17-22-15(21)9-29-17/h2-6,9,14,25H,7-8,10-12H2,1H3,(H,23,24,26)/t14-,19+,20-/m0/s1. The van der Waals surface area contributed by atoms with Gasteiger partial charge in [0.05, 0.1) is 19.8 Å². The normalized spacial score (nSPS) is 28.5. The number of thiazole rings is 1. The maximum Gasteiger partial charge on any atom is 0.257 e. The molecule has 1 amide bonds. The van der Waals surface area contributed by atoms with E-state index in [9.17, 15) is 9.90 Å². The van der Waals surface area contributed by atoms with Gasteiger partial charge in [0.1, 0.15) is 20.8 Å². The second kappa shape index (κ2) is 9.05. The summed E-state index contributed by atoms with van der Waals surface area (Å²) < 4.78 is 12.2. The number of methoxy groups -OCH3 is 1. The largest absolute Gasteiger partial charge is 0.393 e. The maximum atomic E-state index is 12.6. The lowest BCUT2D eigenvalue weighted by atomic mass is 9.76. The van der Waals surface area contributed by atoms with E-state index in [1.54, 1.807) is 19.2 Å². The highest BCUT2D eigenvalue weighted by Crippen LogP contribution is 2.49. The lowest BCUT2D eigenvalue weighted by Gasteiger charge is -2.49. The third kappa shape index (κ3) is 4.21. The minimum absolute atomic E-state index is 0.0778. The van der Waals surface area contributed by atoms with Crippen LogP contribution in [0.4, 0.5) is 0 Å². The van der Waals surface area contributed by atoms with Crippen molar-refractivity contribution in [1.29, 1.82) is 0 Å². The van der Waals surface area contributed by atoms with E-state index >= 15 is 0 Å². The average Bonchev–Trinajstić information content (AvgIpc) is 3.21. The molecule has 2 aromatic rings. The highest BCUT2D eigenvalue weighted by atomic mass is 79.9. The van der Waals surface area contributed by atoms with E-state index in [0.717, 1.165) is 15.4 Å². The number of halogens is 1.